The Kier molecular flexibility index (Phi) is 5.14. The highest BCUT2D eigenvalue weighted by molar-refractivity contribution is 5.74. The first kappa shape index (κ1) is 20.3. The predicted molar refractivity (Wildman–Crippen MR) is 116 cm³/mol. The molecule has 164 valence electrons. The molecule has 0 aliphatic carbocycles. The Balaban J connectivity index is 1.52. The summed E-state index contributed by atoms with van der Waals surface area (Å²) in [6.45, 7) is 0.736. The number of halogens is 3. The van der Waals surface area contributed by atoms with Crippen molar-refractivity contribution >= 4 is 22.8 Å². The van der Waals surface area contributed by atoms with Crippen molar-refractivity contribution in [1.82, 2.24) is 19.6 Å². The summed E-state index contributed by atoms with van der Waals surface area (Å²) in [5.74, 6) is -1.09. The van der Waals surface area contributed by atoms with E-state index < -0.39 is 17.8 Å². The molecule has 3 N–H and O–H groups in total. The van der Waals surface area contributed by atoms with Crippen molar-refractivity contribution < 1.29 is 13.2 Å². The number of nitrogens with two attached hydrogens (primary N) is 1. The molecule has 0 bridgehead atoms. The molecular formula is C22H20F3N7. The lowest BCUT2D eigenvalue weighted by atomic mass is 10.0. The van der Waals surface area contributed by atoms with Crippen LogP contribution in [0.2, 0.25) is 0 Å². The maximum absolute atomic E-state index is 14.3. The molecule has 0 unspecified atom stereocenters. The van der Waals surface area contributed by atoms with Crippen LogP contribution in [0, 0.1) is 11.6 Å². The Bertz CT molecular complexity index is 1250. The van der Waals surface area contributed by atoms with Crippen LogP contribution < -0.4 is 16.0 Å². The minimum atomic E-state index is -1.02. The molecule has 10 heteroatoms. The second-order valence-electron chi connectivity index (χ2n) is 7.75. The van der Waals surface area contributed by atoms with Crippen molar-refractivity contribution in [2.24, 2.45) is 5.73 Å². The lowest BCUT2D eigenvalue weighted by Gasteiger charge is -2.35. The number of piperidine rings is 1. The van der Waals surface area contributed by atoms with Crippen molar-refractivity contribution in [3.05, 3.63) is 66.6 Å². The number of imidazole rings is 1. The fourth-order valence-electron chi connectivity index (χ4n) is 3.99. The second-order valence-corrected chi connectivity index (χ2v) is 7.75. The van der Waals surface area contributed by atoms with Gasteiger partial charge in [-0.15, -0.1) is 0 Å². The highest BCUT2D eigenvalue weighted by Crippen LogP contribution is 2.31. The summed E-state index contributed by atoms with van der Waals surface area (Å²) < 4.78 is 44.1. The number of alkyl halides is 1. The smallest absolute Gasteiger partial charge is 0.229 e. The van der Waals surface area contributed by atoms with E-state index in [2.05, 4.69) is 20.4 Å². The maximum Gasteiger partial charge on any atom is 0.229 e. The van der Waals surface area contributed by atoms with Crippen molar-refractivity contribution in [3.8, 4) is 11.3 Å². The minimum Gasteiger partial charge on any atom is -0.365 e. The molecule has 1 aromatic carbocycles. The average Bonchev–Trinajstić information content (AvgIpc) is 3.15. The molecule has 2 atom stereocenters. The van der Waals surface area contributed by atoms with Gasteiger partial charge in [0.1, 0.15) is 17.8 Å². The van der Waals surface area contributed by atoms with Gasteiger partial charge in [-0.25, -0.2) is 18.2 Å². The molecular weight excluding hydrogens is 419 g/mol. The first-order valence-corrected chi connectivity index (χ1v) is 10.1. The summed E-state index contributed by atoms with van der Waals surface area (Å²) in [6, 6.07) is 8.38. The van der Waals surface area contributed by atoms with Gasteiger partial charge in [-0.05, 0) is 36.8 Å². The molecule has 0 spiro atoms. The first-order valence-electron chi connectivity index (χ1n) is 10.1. The summed E-state index contributed by atoms with van der Waals surface area (Å²) in [5, 5.41) is 7.55. The number of pyridine rings is 1. The third kappa shape index (κ3) is 3.73. The number of anilines is 3. The maximum atomic E-state index is 14.3. The minimum absolute atomic E-state index is 0.128. The van der Waals surface area contributed by atoms with Gasteiger partial charge in [0.25, 0.3) is 0 Å². The Hall–Kier alpha value is -3.66. The number of nitrogens with one attached hydrogen (secondary N) is 1. The van der Waals surface area contributed by atoms with E-state index in [1.165, 1.54) is 28.8 Å². The fraction of sp³-hybridized carbons (Fsp3) is 0.227. The number of hydrogen-bond donors (Lipinski definition) is 2. The lowest BCUT2D eigenvalue weighted by molar-refractivity contribution is 0.269. The highest BCUT2D eigenvalue weighted by Gasteiger charge is 2.26. The normalized spacial score (nSPS) is 18.8. The standard InChI is InChI=1S/C22H20F3N7/c23-13-8-14(26)12-31(11-13)20-6-7-27-10-19(20)29-22-28-9-15-4-5-18(30-32(15)22)21-16(24)2-1-3-17(21)25/h1-7,9-10,13-14H,8,11-12,26H2,(H,28,29)/t13-,14+/m1/s1. The quantitative estimate of drug-likeness (QED) is 0.505. The zero-order valence-corrected chi connectivity index (χ0v) is 16.9. The number of nitrogens with zero attached hydrogens (tertiary/aromatic N) is 5. The fourth-order valence-corrected chi connectivity index (χ4v) is 3.99. The highest BCUT2D eigenvalue weighted by atomic mass is 19.1. The Morgan fingerprint density at radius 3 is 2.62 bits per heavy atom. The molecule has 5 rings (SSSR count). The largest absolute Gasteiger partial charge is 0.365 e. The van der Waals surface area contributed by atoms with Crippen LogP contribution in [0.25, 0.3) is 16.8 Å². The van der Waals surface area contributed by atoms with Crippen molar-refractivity contribution in [3.63, 3.8) is 0 Å². The van der Waals surface area contributed by atoms with Gasteiger partial charge in [0.15, 0.2) is 0 Å². The molecule has 1 aliphatic rings. The molecule has 1 aliphatic heterocycles. The van der Waals surface area contributed by atoms with E-state index in [-0.39, 0.29) is 23.8 Å². The average molecular weight is 439 g/mol. The number of fused-ring (bicyclic) bond motifs is 1. The van der Waals surface area contributed by atoms with Crippen LogP contribution in [0.5, 0.6) is 0 Å². The van der Waals surface area contributed by atoms with Crippen molar-refractivity contribution in [1.29, 1.82) is 0 Å². The Morgan fingerprint density at radius 1 is 1.03 bits per heavy atom. The van der Waals surface area contributed by atoms with E-state index in [9.17, 15) is 13.2 Å². The predicted octanol–water partition coefficient (Wildman–Crippen LogP) is 3.69. The van der Waals surface area contributed by atoms with Crippen LogP contribution in [-0.2, 0) is 0 Å². The van der Waals surface area contributed by atoms with Crippen molar-refractivity contribution in [2.75, 3.05) is 23.3 Å². The van der Waals surface area contributed by atoms with Gasteiger partial charge in [-0.1, -0.05) is 6.07 Å². The summed E-state index contributed by atoms with van der Waals surface area (Å²) in [4.78, 5) is 10.4. The third-order valence-corrected chi connectivity index (χ3v) is 5.42. The van der Waals surface area contributed by atoms with Gasteiger partial charge in [0.05, 0.1) is 40.5 Å². The number of benzene rings is 1. The Morgan fingerprint density at radius 2 is 1.84 bits per heavy atom. The summed E-state index contributed by atoms with van der Waals surface area (Å²) in [6.07, 6.45) is 4.11. The van der Waals surface area contributed by atoms with E-state index in [0.29, 0.717) is 30.1 Å². The first-order chi connectivity index (χ1) is 15.5. The molecule has 3 aromatic heterocycles. The lowest BCUT2D eigenvalue weighted by Crippen LogP contribution is -2.48. The molecule has 0 radical (unpaired) electrons. The van der Waals surface area contributed by atoms with Gasteiger partial charge in [-0.2, -0.15) is 9.61 Å². The molecule has 7 nitrogen and oxygen atoms in total. The van der Waals surface area contributed by atoms with E-state index in [4.69, 9.17) is 5.73 Å². The third-order valence-electron chi connectivity index (χ3n) is 5.42. The monoisotopic (exact) mass is 439 g/mol. The van der Waals surface area contributed by atoms with Crippen LogP contribution in [0.1, 0.15) is 6.42 Å². The zero-order valence-electron chi connectivity index (χ0n) is 16.9. The van der Waals surface area contributed by atoms with Crippen LogP contribution in [0.3, 0.4) is 0 Å². The van der Waals surface area contributed by atoms with Gasteiger partial charge < -0.3 is 16.0 Å². The van der Waals surface area contributed by atoms with E-state index in [1.54, 1.807) is 30.7 Å². The van der Waals surface area contributed by atoms with E-state index in [1.807, 2.05) is 4.90 Å². The van der Waals surface area contributed by atoms with Gasteiger partial charge in [0, 0.05) is 25.3 Å². The number of rotatable bonds is 4. The van der Waals surface area contributed by atoms with Crippen molar-refractivity contribution in [2.45, 2.75) is 18.6 Å². The van der Waals surface area contributed by atoms with E-state index >= 15 is 0 Å². The molecule has 4 aromatic rings. The summed E-state index contributed by atoms with van der Waals surface area (Å²) >= 11 is 0. The SMILES string of the molecule is N[C@H]1C[C@@H](F)CN(c2ccncc2Nc2ncc3ccc(-c4c(F)cccc4F)nn23)C1. The Labute approximate surface area is 181 Å². The zero-order chi connectivity index (χ0) is 22.2. The van der Waals surface area contributed by atoms with Gasteiger partial charge in [-0.3, -0.25) is 4.98 Å². The second kappa shape index (κ2) is 8.12. The molecule has 0 amide bonds. The molecule has 1 fully saturated rings. The van der Waals surface area contributed by atoms with Crippen LogP contribution in [0.15, 0.2) is 55.0 Å². The molecule has 0 saturated carbocycles. The van der Waals surface area contributed by atoms with Crippen LogP contribution >= 0.6 is 0 Å². The number of hydrogen-bond acceptors (Lipinski definition) is 6. The van der Waals surface area contributed by atoms with Gasteiger partial charge >= 0.3 is 0 Å². The van der Waals surface area contributed by atoms with Crippen LogP contribution in [0.4, 0.5) is 30.5 Å². The molecule has 4 heterocycles. The summed E-state index contributed by atoms with van der Waals surface area (Å²) in [7, 11) is 0. The van der Waals surface area contributed by atoms with Gasteiger partial charge in [0.2, 0.25) is 5.95 Å². The number of aromatic nitrogens is 4. The topological polar surface area (TPSA) is 84.4 Å². The summed E-state index contributed by atoms with van der Waals surface area (Å²) in [5.41, 5.74) is 7.86. The van der Waals surface area contributed by atoms with E-state index in [0.717, 1.165) is 5.69 Å². The molecule has 32 heavy (non-hydrogen) atoms. The van der Waals surface area contributed by atoms with Crippen LogP contribution in [-0.4, -0.2) is 44.9 Å². The molecule has 1 saturated heterocycles.